The maximum absolute atomic E-state index is 13.2. The summed E-state index contributed by atoms with van der Waals surface area (Å²) in [6.07, 6.45) is -4.49. The highest BCUT2D eigenvalue weighted by atomic mass is 19.4. The van der Waals surface area contributed by atoms with E-state index >= 15 is 0 Å². The Morgan fingerprint density at radius 2 is 1.93 bits per heavy atom. The number of nitrogens with one attached hydrogen (secondary N) is 1. The van der Waals surface area contributed by atoms with Crippen LogP contribution in [0.3, 0.4) is 0 Å². The lowest BCUT2D eigenvalue weighted by atomic mass is 10.00. The van der Waals surface area contributed by atoms with E-state index in [0.29, 0.717) is 6.54 Å². The van der Waals surface area contributed by atoms with E-state index in [-0.39, 0.29) is 17.8 Å². The second-order valence-electron chi connectivity index (χ2n) is 6.66. The predicted molar refractivity (Wildman–Crippen MR) is 96.1 cm³/mol. The van der Waals surface area contributed by atoms with Gasteiger partial charge in [-0.3, -0.25) is 4.90 Å². The molecule has 7 heteroatoms. The topological polar surface area (TPSA) is 59.3 Å². The van der Waals surface area contributed by atoms with Crippen molar-refractivity contribution in [3.63, 3.8) is 0 Å². The Balaban J connectivity index is 1.60. The summed E-state index contributed by atoms with van der Waals surface area (Å²) in [4.78, 5) is 2.10. The summed E-state index contributed by atoms with van der Waals surface area (Å²) in [5.41, 5.74) is 1.43. The number of nitriles is 1. The summed E-state index contributed by atoms with van der Waals surface area (Å²) in [6, 6.07) is 13.2. The molecule has 2 N–H and O–H groups in total. The number of alkyl halides is 3. The lowest BCUT2D eigenvalue weighted by Gasteiger charge is -2.30. The number of hydrogen-bond donors (Lipinski definition) is 2. The highest BCUT2D eigenvalue weighted by Crippen LogP contribution is 2.35. The third-order valence-corrected chi connectivity index (χ3v) is 4.66. The first-order valence-corrected chi connectivity index (χ1v) is 8.69. The number of fused-ring (bicyclic) bond motifs is 1. The molecular weight excluding hydrogens is 355 g/mol. The van der Waals surface area contributed by atoms with E-state index in [0.717, 1.165) is 25.6 Å². The second kappa shape index (κ2) is 7.99. The molecule has 0 spiro atoms. The standard InChI is InChI=1S/C20H20F3N3O/c21-20(22,23)18-9-14(10-24)5-6-19(18)25-11-17(27)13-26-8-7-15-3-1-2-4-16(15)12-26/h1-6,9,17,25,27H,7-8,11-13H2. The largest absolute Gasteiger partial charge is 0.418 e. The van der Waals surface area contributed by atoms with E-state index in [1.807, 2.05) is 12.1 Å². The normalized spacial score (nSPS) is 15.7. The molecule has 0 saturated carbocycles. The van der Waals surface area contributed by atoms with Gasteiger partial charge in [0.25, 0.3) is 0 Å². The fraction of sp³-hybridized carbons (Fsp3) is 0.350. The van der Waals surface area contributed by atoms with Gasteiger partial charge in [0, 0.05) is 31.9 Å². The predicted octanol–water partition coefficient (Wildman–Crippen LogP) is 3.41. The first-order chi connectivity index (χ1) is 12.9. The van der Waals surface area contributed by atoms with Crippen LogP contribution in [-0.4, -0.2) is 35.7 Å². The maximum atomic E-state index is 13.2. The number of anilines is 1. The zero-order valence-corrected chi connectivity index (χ0v) is 14.6. The first-order valence-electron chi connectivity index (χ1n) is 8.69. The van der Waals surface area contributed by atoms with Gasteiger partial charge in [-0.2, -0.15) is 18.4 Å². The molecule has 1 heterocycles. The SMILES string of the molecule is N#Cc1ccc(NCC(O)CN2CCc3ccccc3C2)c(C(F)(F)F)c1. The van der Waals surface area contributed by atoms with Crippen molar-refractivity contribution in [1.82, 2.24) is 4.90 Å². The molecule has 0 radical (unpaired) electrons. The minimum atomic E-state index is -4.57. The number of aliphatic hydroxyl groups excluding tert-OH is 1. The molecule has 1 unspecified atom stereocenters. The molecular formula is C20H20F3N3O. The molecule has 27 heavy (non-hydrogen) atoms. The Morgan fingerprint density at radius 1 is 1.19 bits per heavy atom. The monoisotopic (exact) mass is 375 g/mol. The molecule has 0 bridgehead atoms. The van der Waals surface area contributed by atoms with Gasteiger partial charge in [-0.15, -0.1) is 0 Å². The van der Waals surface area contributed by atoms with Crippen molar-refractivity contribution >= 4 is 5.69 Å². The Hall–Kier alpha value is -2.56. The number of aliphatic hydroxyl groups is 1. The lowest BCUT2D eigenvalue weighted by Crippen LogP contribution is -2.39. The molecule has 0 fully saturated rings. The lowest BCUT2D eigenvalue weighted by molar-refractivity contribution is -0.137. The fourth-order valence-electron chi connectivity index (χ4n) is 3.30. The van der Waals surface area contributed by atoms with Crippen molar-refractivity contribution in [1.29, 1.82) is 5.26 Å². The van der Waals surface area contributed by atoms with E-state index < -0.39 is 17.8 Å². The molecule has 1 atom stereocenters. The highest BCUT2D eigenvalue weighted by Gasteiger charge is 2.34. The Morgan fingerprint density at radius 3 is 2.63 bits per heavy atom. The third kappa shape index (κ3) is 4.79. The van der Waals surface area contributed by atoms with Gasteiger partial charge in [-0.25, -0.2) is 0 Å². The molecule has 0 aliphatic carbocycles. The minimum absolute atomic E-state index is 0.00682. The van der Waals surface area contributed by atoms with Crippen molar-refractivity contribution in [3.05, 3.63) is 64.7 Å². The number of β-amino-alcohol motifs (C(OH)–C–C–N with tert-alkyl or cyclic N) is 1. The summed E-state index contributed by atoms with van der Waals surface area (Å²) in [7, 11) is 0. The van der Waals surface area contributed by atoms with Crippen LogP contribution in [0.1, 0.15) is 22.3 Å². The summed E-state index contributed by atoms with van der Waals surface area (Å²) in [5.74, 6) is 0. The molecule has 2 aromatic carbocycles. The fourth-order valence-corrected chi connectivity index (χ4v) is 3.30. The Bertz CT molecular complexity index is 845. The van der Waals surface area contributed by atoms with Crippen LogP contribution in [0.15, 0.2) is 42.5 Å². The van der Waals surface area contributed by atoms with Gasteiger partial charge in [-0.05, 0) is 35.7 Å². The maximum Gasteiger partial charge on any atom is 0.418 e. The smallest absolute Gasteiger partial charge is 0.390 e. The van der Waals surface area contributed by atoms with Gasteiger partial charge in [-0.1, -0.05) is 24.3 Å². The van der Waals surface area contributed by atoms with Crippen molar-refractivity contribution in [2.45, 2.75) is 25.2 Å². The van der Waals surface area contributed by atoms with Crippen molar-refractivity contribution in [2.24, 2.45) is 0 Å². The van der Waals surface area contributed by atoms with Crippen molar-refractivity contribution < 1.29 is 18.3 Å². The Labute approximate surface area is 155 Å². The zero-order chi connectivity index (χ0) is 19.4. The number of rotatable bonds is 5. The van der Waals surface area contributed by atoms with Crippen LogP contribution in [0.4, 0.5) is 18.9 Å². The van der Waals surface area contributed by atoms with E-state index in [2.05, 4.69) is 22.3 Å². The molecule has 3 rings (SSSR count). The molecule has 0 amide bonds. The summed E-state index contributed by atoms with van der Waals surface area (Å²) < 4.78 is 39.5. The van der Waals surface area contributed by atoms with Crippen LogP contribution in [0.2, 0.25) is 0 Å². The number of halogens is 3. The van der Waals surface area contributed by atoms with Gasteiger partial charge in [0.15, 0.2) is 0 Å². The van der Waals surface area contributed by atoms with Crippen LogP contribution in [0.5, 0.6) is 0 Å². The van der Waals surface area contributed by atoms with Gasteiger partial charge in [0.2, 0.25) is 0 Å². The van der Waals surface area contributed by atoms with Gasteiger partial charge >= 0.3 is 6.18 Å². The number of benzene rings is 2. The van der Waals surface area contributed by atoms with Crippen LogP contribution < -0.4 is 5.32 Å². The van der Waals surface area contributed by atoms with E-state index in [9.17, 15) is 18.3 Å². The van der Waals surface area contributed by atoms with Crippen LogP contribution in [0.25, 0.3) is 0 Å². The molecule has 0 saturated heterocycles. The van der Waals surface area contributed by atoms with E-state index in [4.69, 9.17) is 5.26 Å². The molecule has 1 aliphatic heterocycles. The molecule has 2 aromatic rings. The van der Waals surface area contributed by atoms with Gasteiger partial charge in [0.05, 0.1) is 23.3 Å². The van der Waals surface area contributed by atoms with Crippen LogP contribution in [0, 0.1) is 11.3 Å². The average Bonchev–Trinajstić information content (AvgIpc) is 2.65. The first kappa shape index (κ1) is 19.2. The van der Waals surface area contributed by atoms with Gasteiger partial charge < -0.3 is 10.4 Å². The molecule has 142 valence electrons. The summed E-state index contributed by atoms with van der Waals surface area (Å²) in [6.45, 7) is 1.89. The quantitative estimate of drug-likeness (QED) is 0.841. The third-order valence-electron chi connectivity index (χ3n) is 4.66. The van der Waals surface area contributed by atoms with E-state index in [1.165, 1.54) is 23.3 Å². The molecule has 0 aromatic heterocycles. The van der Waals surface area contributed by atoms with Crippen LogP contribution >= 0.6 is 0 Å². The molecule has 4 nitrogen and oxygen atoms in total. The summed E-state index contributed by atoms with van der Waals surface area (Å²) in [5, 5.41) is 21.7. The molecule has 1 aliphatic rings. The van der Waals surface area contributed by atoms with Crippen LogP contribution in [-0.2, 0) is 19.1 Å². The van der Waals surface area contributed by atoms with Gasteiger partial charge in [0.1, 0.15) is 0 Å². The van der Waals surface area contributed by atoms with E-state index in [1.54, 1.807) is 6.07 Å². The van der Waals surface area contributed by atoms with Crippen molar-refractivity contribution in [2.75, 3.05) is 25.0 Å². The Kier molecular flexibility index (Phi) is 5.68. The van der Waals surface area contributed by atoms with Crippen molar-refractivity contribution in [3.8, 4) is 6.07 Å². The number of nitrogens with zero attached hydrogens (tertiary/aromatic N) is 2. The minimum Gasteiger partial charge on any atom is -0.390 e. The average molecular weight is 375 g/mol. The second-order valence-corrected chi connectivity index (χ2v) is 6.66. The highest BCUT2D eigenvalue weighted by molar-refractivity contribution is 5.56. The number of hydrogen-bond acceptors (Lipinski definition) is 4. The summed E-state index contributed by atoms with van der Waals surface area (Å²) >= 11 is 0. The zero-order valence-electron chi connectivity index (χ0n) is 14.6.